The number of fused-ring (bicyclic) bond motifs is 5. The molecule has 0 aromatic heterocycles. The molecule has 4 aliphatic rings. The normalized spacial score (nSPS) is 39.1. The van der Waals surface area contributed by atoms with Crippen molar-refractivity contribution in [2.24, 2.45) is 46.3 Å². The van der Waals surface area contributed by atoms with Crippen molar-refractivity contribution in [1.82, 2.24) is 0 Å². The summed E-state index contributed by atoms with van der Waals surface area (Å²) >= 11 is 0. The topological polar surface area (TPSA) is 26.3 Å². The fourth-order valence-corrected chi connectivity index (χ4v) is 10.5. The molecule has 36 heavy (non-hydrogen) atoms. The highest BCUT2D eigenvalue weighted by molar-refractivity contribution is 7.48. The zero-order valence-electron chi connectivity index (χ0n) is 23.5. The second-order valence-electron chi connectivity index (χ2n) is 13.9. The number of hydrogen-bond acceptors (Lipinski definition) is 2. The lowest BCUT2D eigenvalue weighted by Gasteiger charge is -2.58. The Balaban J connectivity index is 1.25. The zero-order chi connectivity index (χ0) is 25.5. The molecular formula is C33H50O2P+. The first kappa shape index (κ1) is 26.6. The smallest absolute Gasteiger partial charge is 0.138 e. The molecule has 0 radical (unpaired) electrons. The van der Waals surface area contributed by atoms with Crippen molar-refractivity contribution in [2.45, 2.75) is 111 Å². The van der Waals surface area contributed by atoms with Crippen molar-refractivity contribution in [3.63, 3.8) is 0 Å². The van der Waals surface area contributed by atoms with Crippen LogP contribution in [-0.4, -0.2) is 6.10 Å². The van der Waals surface area contributed by atoms with Crippen LogP contribution in [0.25, 0.3) is 0 Å². The highest BCUT2D eigenvalue weighted by Gasteiger charge is 2.59. The fourth-order valence-electron chi connectivity index (χ4n) is 9.49. The van der Waals surface area contributed by atoms with Crippen LogP contribution < -0.4 is 5.30 Å². The largest absolute Gasteiger partial charge is 0.548 e. The number of benzene rings is 1. The van der Waals surface area contributed by atoms with Gasteiger partial charge in [0.1, 0.15) is 6.10 Å². The van der Waals surface area contributed by atoms with E-state index in [1.54, 1.807) is 5.57 Å². The molecule has 0 bridgehead atoms. The second-order valence-corrected chi connectivity index (χ2v) is 15.1. The molecule has 9 atom stereocenters. The minimum atomic E-state index is -1.77. The molecule has 0 saturated heterocycles. The van der Waals surface area contributed by atoms with Crippen molar-refractivity contribution >= 4 is 13.3 Å². The van der Waals surface area contributed by atoms with E-state index < -0.39 is 8.03 Å². The Morgan fingerprint density at radius 1 is 0.972 bits per heavy atom. The monoisotopic (exact) mass is 509 g/mol. The summed E-state index contributed by atoms with van der Waals surface area (Å²) in [6, 6.07) is 9.72. The molecule has 3 fully saturated rings. The maximum atomic E-state index is 12.8. The maximum Gasteiger partial charge on any atom is 0.548 e. The highest BCUT2D eigenvalue weighted by atomic mass is 31.1. The molecule has 0 aliphatic heterocycles. The summed E-state index contributed by atoms with van der Waals surface area (Å²) in [4.78, 5) is 0. The van der Waals surface area contributed by atoms with E-state index in [1.807, 2.05) is 30.3 Å². The summed E-state index contributed by atoms with van der Waals surface area (Å²) in [5.41, 5.74) is 2.49. The molecule has 4 aliphatic carbocycles. The van der Waals surface area contributed by atoms with Crippen molar-refractivity contribution in [2.75, 3.05) is 0 Å². The predicted molar refractivity (Wildman–Crippen MR) is 152 cm³/mol. The Morgan fingerprint density at radius 3 is 2.50 bits per heavy atom. The van der Waals surface area contributed by atoms with Crippen LogP contribution in [-0.2, 0) is 9.09 Å². The third-order valence-corrected chi connectivity index (χ3v) is 12.7. The quantitative estimate of drug-likeness (QED) is 0.258. The first-order valence-electron chi connectivity index (χ1n) is 15.1. The standard InChI is InChI=1S/C33H50O2P/c1-23(2)10-9-11-24(3)29-16-17-30-28-15-14-25-22-26(35-36(34)27-12-7-6-8-13-27)18-20-32(25,4)31(28)19-21-33(29,30)5/h6-8,12-14,23-24,26,28-31H,9-11,15-22H2,1-5H3/q+1/t24-,26+,28+,29-,30+,31+,32+,33-/m1/s1. The fraction of sp³-hybridized carbons (Fsp3) is 0.758. The summed E-state index contributed by atoms with van der Waals surface area (Å²) in [6.07, 6.45) is 17.2. The van der Waals surface area contributed by atoms with E-state index >= 15 is 0 Å². The van der Waals surface area contributed by atoms with Crippen LogP contribution in [0.5, 0.6) is 0 Å². The lowest BCUT2D eigenvalue weighted by Crippen LogP contribution is -2.50. The first-order valence-corrected chi connectivity index (χ1v) is 16.3. The first-order chi connectivity index (χ1) is 17.2. The van der Waals surface area contributed by atoms with E-state index in [9.17, 15) is 4.57 Å². The van der Waals surface area contributed by atoms with E-state index in [1.165, 1.54) is 57.8 Å². The van der Waals surface area contributed by atoms with E-state index in [4.69, 9.17) is 4.52 Å². The van der Waals surface area contributed by atoms with Gasteiger partial charge in [-0.2, -0.15) is 0 Å². The van der Waals surface area contributed by atoms with Gasteiger partial charge in [0.2, 0.25) is 5.30 Å². The molecule has 1 aromatic rings. The van der Waals surface area contributed by atoms with Crippen LogP contribution in [0.4, 0.5) is 0 Å². The molecule has 0 amide bonds. The lowest BCUT2D eigenvalue weighted by molar-refractivity contribution is -0.0555. The van der Waals surface area contributed by atoms with Gasteiger partial charge in [-0.1, -0.05) is 83.7 Å². The Bertz CT molecular complexity index is 954. The number of hydrogen-bond donors (Lipinski definition) is 0. The van der Waals surface area contributed by atoms with Gasteiger partial charge in [0.15, 0.2) is 0 Å². The molecule has 1 aromatic carbocycles. The van der Waals surface area contributed by atoms with Crippen LogP contribution in [0.15, 0.2) is 42.0 Å². The van der Waals surface area contributed by atoms with Gasteiger partial charge in [-0.15, -0.1) is 4.52 Å². The summed E-state index contributed by atoms with van der Waals surface area (Å²) in [5.74, 6) is 5.23. The number of rotatable bonds is 8. The van der Waals surface area contributed by atoms with Crippen LogP contribution in [0, 0.1) is 46.3 Å². The van der Waals surface area contributed by atoms with Crippen molar-refractivity contribution in [1.29, 1.82) is 0 Å². The van der Waals surface area contributed by atoms with Gasteiger partial charge in [0.25, 0.3) is 0 Å². The van der Waals surface area contributed by atoms with Gasteiger partial charge >= 0.3 is 8.03 Å². The van der Waals surface area contributed by atoms with Gasteiger partial charge in [0.05, 0.1) is 0 Å². The average molecular weight is 510 g/mol. The van der Waals surface area contributed by atoms with Gasteiger partial charge in [-0.3, -0.25) is 0 Å². The molecule has 0 N–H and O–H groups in total. The molecule has 198 valence electrons. The van der Waals surface area contributed by atoms with E-state index in [2.05, 4.69) is 40.7 Å². The molecule has 0 spiro atoms. The maximum absolute atomic E-state index is 12.8. The third-order valence-electron chi connectivity index (χ3n) is 11.5. The predicted octanol–water partition coefficient (Wildman–Crippen LogP) is 9.48. The minimum Gasteiger partial charge on any atom is -0.138 e. The Kier molecular flexibility index (Phi) is 7.87. The highest BCUT2D eigenvalue weighted by Crippen LogP contribution is 2.67. The summed E-state index contributed by atoms with van der Waals surface area (Å²) in [7, 11) is -1.77. The molecule has 3 saturated carbocycles. The van der Waals surface area contributed by atoms with Crippen molar-refractivity contribution in [3.8, 4) is 0 Å². The van der Waals surface area contributed by atoms with Gasteiger partial charge in [0, 0.05) is 0 Å². The molecule has 2 nitrogen and oxygen atoms in total. The second kappa shape index (κ2) is 10.6. The van der Waals surface area contributed by atoms with Gasteiger partial charge in [-0.25, -0.2) is 0 Å². The third kappa shape index (κ3) is 4.91. The number of allylic oxidation sites excluding steroid dienone is 1. The minimum absolute atomic E-state index is 0.0982. The van der Waals surface area contributed by atoms with Gasteiger partial charge < -0.3 is 0 Å². The summed E-state index contributed by atoms with van der Waals surface area (Å²) in [5, 5.41) is 0.819. The molecule has 0 heterocycles. The summed E-state index contributed by atoms with van der Waals surface area (Å²) in [6.45, 7) is 12.6. The molecule has 1 unspecified atom stereocenters. The zero-order valence-corrected chi connectivity index (χ0v) is 24.4. The lowest BCUT2D eigenvalue weighted by atomic mass is 9.47. The Labute approximate surface area is 221 Å². The van der Waals surface area contributed by atoms with E-state index in [-0.39, 0.29) is 6.10 Å². The van der Waals surface area contributed by atoms with Gasteiger partial charge in [-0.05, 0) is 114 Å². The van der Waals surface area contributed by atoms with Crippen molar-refractivity contribution in [3.05, 3.63) is 42.0 Å². The van der Waals surface area contributed by atoms with E-state index in [0.29, 0.717) is 10.8 Å². The van der Waals surface area contributed by atoms with Crippen LogP contribution >= 0.6 is 8.03 Å². The van der Waals surface area contributed by atoms with Crippen LogP contribution in [0.2, 0.25) is 0 Å². The molecular weight excluding hydrogens is 459 g/mol. The SMILES string of the molecule is CC(C)CCC[C@@H](C)[C@H]1CC[C@H]2[C@@H]3CC=C4C[C@@H](O[P+](=O)c5ccccc5)CC[C@]4(C)[C@H]3CC[C@]12C. The van der Waals surface area contributed by atoms with Crippen LogP contribution in [0.3, 0.4) is 0 Å². The molecule has 5 rings (SSSR count). The Hall–Kier alpha value is -0.980. The Morgan fingerprint density at radius 2 is 1.75 bits per heavy atom. The van der Waals surface area contributed by atoms with Crippen molar-refractivity contribution < 1.29 is 9.09 Å². The van der Waals surface area contributed by atoms with E-state index in [0.717, 1.165) is 53.7 Å². The summed E-state index contributed by atoms with van der Waals surface area (Å²) < 4.78 is 19.0. The average Bonchev–Trinajstić information content (AvgIpc) is 3.22. The van der Waals surface area contributed by atoms with Crippen LogP contribution in [0.1, 0.15) is 105 Å². The molecule has 3 heteroatoms.